The molecule has 1 amide bonds. The molecule has 2 aromatic carbocycles. The van der Waals surface area contributed by atoms with Crippen molar-refractivity contribution in [2.45, 2.75) is 11.3 Å². The number of benzene rings is 2. The molecule has 3 aromatic rings. The number of hydrogen-bond donors (Lipinski definition) is 1. The fourth-order valence-corrected chi connectivity index (χ4v) is 3.12. The molecule has 0 spiro atoms. The number of aromatic nitrogens is 2. The van der Waals surface area contributed by atoms with E-state index in [9.17, 15) is 22.4 Å². The van der Waals surface area contributed by atoms with Gasteiger partial charge in [-0.15, -0.1) is 0 Å². The normalized spacial score (nSPS) is 11.4. The Hall–Kier alpha value is -2.81. The molecule has 0 saturated heterocycles. The van der Waals surface area contributed by atoms with Gasteiger partial charge >= 0.3 is 6.18 Å². The molecule has 0 aliphatic carbocycles. The smallest absolute Gasteiger partial charge is 0.325 e. The molecule has 4 nitrogen and oxygen atoms in total. The van der Waals surface area contributed by atoms with E-state index in [2.05, 4.69) is 10.3 Å². The van der Waals surface area contributed by atoms with Gasteiger partial charge in [-0.05, 0) is 36.4 Å². The van der Waals surface area contributed by atoms with Crippen molar-refractivity contribution in [3.8, 4) is 5.69 Å². The van der Waals surface area contributed by atoms with E-state index < -0.39 is 17.6 Å². The maximum Gasteiger partial charge on any atom is 0.418 e. The standard InChI is InChI=1S/C18H13F4N3OS/c19-12-5-7-13(8-6-12)25-10-9-23-17(25)27-11-16(26)24-15-4-2-1-3-14(15)18(20,21)22/h1-10H,11H2,(H,24,26). The van der Waals surface area contributed by atoms with Crippen LogP contribution in [0.1, 0.15) is 5.56 Å². The van der Waals surface area contributed by atoms with Gasteiger partial charge in [0.05, 0.1) is 17.0 Å². The molecule has 1 aromatic heterocycles. The van der Waals surface area contributed by atoms with Crippen molar-refractivity contribution in [2.75, 3.05) is 11.1 Å². The number of amides is 1. The molecule has 0 unspecified atom stereocenters. The van der Waals surface area contributed by atoms with Gasteiger partial charge in [-0.2, -0.15) is 13.2 Å². The second kappa shape index (κ2) is 7.83. The Morgan fingerprint density at radius 3 is 2.52 bits per heavy atom. The maximum absolute atomic E-state index is 13.0. The van der Waals surface area contributed by atoms with Gasteiger partial charge in [-0.3, -0.25) is 9.36 Å². The van der Waals surface area contributed by atoms with Gasteiger partial charge < -0.3 is 5.32 Å². The number of carbonyl (C=O) groups is 1. The molecule has 0 aliphatic heterocycles. The Labute approximate surface area is 156 Å². The zero-order valence-corrected chi connectivity index (χ0v) is 14.5. The summed E-state index contributed by atoms with van der Waals surface area (Å²) >= 11 is 1.06. The van der Waals surface area contributed by atoms with E-state index >= 15 is 0 Å². The summed E-state index contributed by atoms with van der Waals surface area (Å²) in [6.07, 6.45) is -1.40. The minimum Gasteiger partial charge on any atom is -0.325 e. The first-order chi connectivity index (χ1) is 12.8. The topological polar surface area (TPSA) is 46.9 Å². The molecule has 0 atom stereocenters. The van der Waals surface area contributed by atoms with Crippen molar-refractivity contribution in [1.82, 2.24) is 9.55 Å². The monoisotopic (exact) mass is 395 g/mol. The number of thioether (sulfide) groups is 1. The Morgan fingerprint density at radius 1 is 1.11 bits per heavy atom. The summed E-state index contributed by atoms with van der Waals surface area (Å²) in [5.74, 6) is -1.11. The summed E-state index contributed by atoms with van der Waals surface area (Å²) in [6.45, 7) is 0. The number of nitrogens with one attached hydrogen (secondary N) is 1. The van der Waals surface area contributed by atoms with E-state index in [4.69, 9.17) is 0 Å². The highest BCUT2D eigenvalue weighted by atomic mass is 32.2. The van der Waals surface area contributed by atoms with Gasteiger partial charge in [0.1, 0.15) is 5.82 Å². The molecule has 140 valence electrons. The van der Waals surface area contributed by atoms with Crippen LogP contribution in [-0.2, 0) is 11.0 Å². The summed E-state index contributed by atoms with van der Waals surface area (Å²) in [6, 6.07) is 10.5. The Balaban J connectivity index is 1.68. The highest BCUT2D eigenvalue weighted by Gasteiger charge is 2.33. The SMILES string of the molecule is O=C(CSc1nccn1-c1ccc(F)cc1)Nc1ccccc1C(F)(F)F. The third kappa shape index (κ3) is 4.68. The minimum atomic E-state index is -4.56. The highest BCUT2D eigenvalue weighted by Crippen LogP contribution is 2.34. The fraction of sp³-hybridized carbons (Fsp3) is 0.111. The van der Waals surface area contributed by atoms with Crippen LogP contribution >= 0.6 is 11.8 Å². The lowest BCUT2D eigenvalue weighted by atomic mass is 10.1. The van der Waals surface area contributed by atoms with Crippen LogP contribution in [0.15, 0.2) is 66.1 Å². The van der Waals surface area contributed by atoms with Gasteiger partial charge in [0.15, 0.2) is 5.16 Å². The predicted molar refractivity (Wildman–Crippen MR) is 94.3 cm³/mol. The first-order valence-corrected chi connectivity index (χ1v) is 8.71. The van der Waals surface area contributed by atoms with Crippen LogP contribution in [0.5, 0.6) is 0 Å². The van der Waals surface area contributed by atoms with E-state index in [1.807, 2.05) is 0 Å². The van der Waals surface area contributed by atoms with Crippen molar-refractivity contribution in [2.24, 2.45) is 0 Å². The molecule has 27 heavy (non-hydrogen) atoms. The van der Waals surface area contributed by atoms with Gasteiger partial charge in [-0.25, -0.2) is 9.37 Å². The molecule has 1 heterocycles. The van der Waals surface area contributed by atoms with Crippen LogP contribution in [0.3, 0.4) is 0 Å². The van der Waals surface area contributed by atoms with Crippen LogP contribution < -0.4 is 5.32 Å². The van der Waals surface area contributed by atoms with Crippen LogP contribution in [0.25, 0.3) is 5.69 Å². The van der Waals surface area contributed by atoms with Crippen LogP contribution in [0.4, 0.5) is 23.2 Å². The van der Waals surface area contributed by atoms with Gasteiger partial charge in [0, 0.05) is 18.1 Å². The number of rotatable bonds is 5. The van der Waals surface area contributed by atoms with Crippen molar-refractivity contribution < 1.29 is 22.4 Å². The molecule has 0 saturated carbocycles. The predicted octanol–water partition coefficient (Wildman–Crippen LogP) is 4.76. The average Bonchev–Trinajstić information content (AvgIpc) is 3.09. The van der Waals surface area contributed by atoms with Crippen LogP contribution in [0, 0.1) is 5.82 Å². The van der Waals surface area contributed by atoms with E-state index in [0.29, 0.717) is 10.8 Å². The van der Waals surface area contributed by atoms with Crippen LogP contribution in [0.2, 0.25) is 0 Å². The van der Waals surface area contributed by atoms with Crippen molar-refractivity contribution >= 4 is 23.4 Å². The largest absolute Gasteiger partial charge is 0.418 e. The van der Waals surface area contributed by atoms with Crippen molar-refractivity contribution in [3.63, 3.8) is 0 Å². The summed E-state index contributed by atoms with van der Waals surface area (Å²) in [5, 5.41) is 2.74. The summed E-state index contributed by atoms with van der Waals surface area (Å²) in [5.41, 5.74) is -0.548. The fourth-order valence-electron chi connectivity index (χ4n) is 2.35. The molecular formula is C18H13F4N3OS. The lowest BCUT2D eigenvalue weighted by Crippen LogP contribution is -2.18. The van der Waals surface area contributed by atoms with E-state index in [-0.39, 0.29) is 17.3 Å². The Morgan fingerprint density at radius 2 is 1.81 bits per heavy atom. The van der Waals surface area contributed by atoms with Crippen LogP contribution in [-0.4, -0.2) is 21.2 Å². The number of anilines is 1. The number of hydrogen-bond acceptors (Lipinski definition) is 3. The lowest BCUT2D eigenvalue weighted by molar-refractivity contribution is -0.137. The zero-order valence-electron chi connectivity index (χ0n) is 13.7. The molecule has 0 fully saturated rings. The number of alkyl halides is 3. The molecule has 0 aliphatic rings. The highest BCUT2D eigenvalue weighted by molar-refractivity contribution is 7.99. The summed E-state index contributed by atoms with van der Waals surface area (Å²) in [4.78, 5) is 16.2. The quantitative estimate of drug-likeness (QED) is 0.501. The lowest BCUT2D eigenvalue weighted by Gasteiger charge is -2.13. The second-order valence-corrected chi connectivity index (χ2v) is 6.38. The molecule has 0 bridgehead atoms. The molecule has 1 N–H and O–H groups in total. The van der Waals surface area contributed by atoms with E-state index in [1.54, 1.807) is 22.9 Å². The van der Waals surface area contributed by atoms with E-state index in [1.165, 1.54) is 36.5 Å². The summed E-state index contributed by atoms with van der Waals surface area (Å²) < 4.78 is 53.6. The molecule has 0 radical (unpaired) electrons. The average molecular weight is 395 g/mol. The summed E-state index contributed by atoms with van der Waals surface area (Å²) in [7, 11) is 0. The number of nitrogens with zero attached hydrogens (tertiary/aromatic N) is 2. The second-order valence-electron chi connectivity index (χ2n) is 5.44. The number of halogens is 4. The van der Waals surface area contributed by atoms with E-state index in [0.717, 1.165) is 17.8 Å². The van der Waals surface area contributed by atoms with Gasteiger partial charge in [-0.1, -0.05) is 23.9 Å². The number of carbonyl (C=O) groups excluding carboxylic acids is 1. The Bertz CT molecular complexity index is 938. The number of imidazole rings is 1. The van der Waals surface area contributed by atoms with Gasteiger partial charge in [0.25, 0.3) is 0 Å². The molecule has 3 rings (SSSR count). The minimum absolute atomic E-state index is 0.135. The van der Waals surface area contributed by atoms with Gasteiger partial charge in [0.2, 0.25) is 5.91 Å². The number of para-hydroxylation sites is 1. The molecular weight excluding hydrogens is 382 g/mol. The third-order valence-electron chi connectivity index (χ3n) is 3.55. The first-order valence-electron chi connectivity index (χ1n) is 7.73. The van der Waals surface area contributed by atoms with Crippen molar-refractivity contribution in [3.05, 3.63) is 72.3 Å². The zero-order chi connectivity index (χ0) is 19.4. The Kier molecular flexibility index (Phi) is 5.50. The molecule has 9 heteroatoms. The third-order valence-corrected chi connectivity index (χ3v) is 4.52. The maximum atomic E-state index is 13.0. The first kappa shape index (κ1) is 19.0. The van der Waals surface area contributed by atoms with Crippen molar-refractivity contribution in [1.29, 1.82) is 0 Å².